The van der Waals surface area contributed by atoms with Crippen LogP contribution in [0.5, 0.6) is 0 Å². The van der Waals surface area contributed by atoms with Crippen LogP contribution in [0.3, 0.4) is 0 Å². The Bertz CT molecular complexity index is 292. The highest BCUT2D eigenvalue weighted by Gasteiger charge is 2.10. The highest BCUT2D eigenvalue weighted by molar-refractivity contribution is 7.97. The van der Waals surface area contributed by atoms with Gasteiger partial charge in [0, 0.05) is 18.0 Å². The topological polar surface area (TPSA) is 3.24 Å². The minimum absolute atomic E-state index is 1.25. The highest BCUT2D eigenvalue weighted by Crippen LogP contribution is 2.26. The van der Waals surface area contributed by atoms with Crippen molar-refractivity contribution in [2.24, 2.45) is 0 Å². The molecule has 14 heavy (non-hydrogen) atoms. The lowest BCUT2D eigenvalue weighted by molar-refractivity contribution is 0.380. The smallest absolute Gasteiger partial charge is 0.0232 e. The predicted molar refractivity (Wildman–Crippen MR) is 62.5 cm³/mol. The molecule has 1 fully saturated rings. The van der Waals surface area contributed by atoms with Crippen LogP contribution < -0.4 is 0 Å². The molecule has 0 spiro atoms. The molecular weight excluding hydrogens is 190 g/mol. The van der Waals surface area contributed by atoms with Gasteiger partial charge >= 0.3 is 0 Å². The van der Waals surface area contributed by atoms with Gasteiger partial charge in [0.1, 0.15) is 0 Å². The summed E-state index contributed by atoms with van der Waals surface area (Å²) in [6, 6.07) is 8.76. The molecule has 0 aliphatic carbocycles. The third-order valence-corrected chi connectivity index (χ3v) is 3.63. The summed E-state index contributed by atoms with van der Waals surface area (Å²) in [6.45, 7) is 4.65. The Morgan fingerprint density at radius 2 is 1.93 bits per heavy atom. The first kappa shape index (κ1) is 10.1. The minimum atomic E-state index is 1.25. The van der Waals surface area contributed by atoms with Crippen LogP contribution in [0.2, 0.25) is 0 Å². The Hall–Kier alpha value is -0.470. The van der Waals surface area contributed by atoms with Crippen molar-refractivity contribution in [3.63, 3.8) is 0 Å². The van der Waals surface area contributed by atoms with E-state index in [1.165, 1.54) is 42.8 Å². The van der Waals surface area contributed by atoms with Crippen LogP contribution in [0.15, 0.2) is 29.2 Å². The minimum Gasteiger partial charge on any atom is -0.246 e. The maximum Gasteiger partial charge on any atom is 0.0232 e. The van der Waals surface area contributed by atoms with E-state index in [-0.39, 0.29) is 0 Å². The first-order valence-corrected chi connectivity index (χ1v) is 6.11. The Kier molecular flexibility index (Phi) is 3.49. The Balaban J connectivity index is 1.95. The van der Waals surface area contributed by atoms with Gasteiger partial charge in [0.15, 0.2) is 0 Å². The van der Waals surface area contributed by atoms with Crippen LogP contribution in [0.1, 0.15) is 24.8 Å². The van der Waals surface area contributed by atoms with E-state index >= 15 is 0 Å². The zero-order valence-corrected chi connectivity index (χ0v) is 9.52. The van der Waals surface area contributed by atoms with E-state index in [1.54, 1.807) is 0 Å². The van der Waals surface area contributed by atoms with Gasteiger partial charge in [-0.05, 0) is 49.4 Å². The molecule has 76 valence electrons. The average Bonchev–Trinajstić information content (AvgIpc) is 2.19. The van der Waals surface area contributed by atoms with Crippen LogP contribution >= 0.6 is 11.9 Å². The lowest BCUT2D eigenvalue weighted by atomic mass is 10.2. The Morgan fingerprint density at radius 1 is 1.14 bits per heavy atom. The van der Waals surface area contributed by atoms with E-state index in [0.29, 0.717) is 0 Å². The molecule has 1 nitrogen and oxygen atoms in total. The molecule has 0 unspecified atom stereocenters. The standard InChI is InChI=1S/C12H17NS/c1-11-6-5-7-12(10-11)14-13-8-3-2-4-9-13/h5-7,10H,2-4,8-9H2,1H3. The van der Waals surface area contributed by atoms with Gasteiger partial charge in [-0.2, -0.15) is 0 Å². The zero-order valence-electron chi connectivity index (χ0n) is 8.70. The van der Waals surface area contributed by atoms with Gasteiger partial charge in [-0.15, -0.1) is 0 Å². The van der Waals surface area contributed by atoms with Gasteiger partial charge in [-0.1, -0.05) is 18.6 Å². The predicted octanol–water partition coefficient (Wildman–Crippen LogP) is 3.49. The van der Waals surface area contributed by atoms with Crippen LogP contribution in [0.25, 0.3) is 0 Å². The first-order valence-electron chi connectivity index (χ1n) is 5.34. The van der Waals surface area contributed by atoms with Crippen LogP contribution in [-0.2, 0) is 0 Å². The molecule has 0 saturated carbocycles. The average molecular weight is 207 g/mol. The molecular formula is C12H17NS. The summed E-state index contributed by atoms with van der Waals surface area (Å²) in [7, 11) is 0. The lowest BCUT2D eigenvalue weighted by Crippen LogP contribution is -2.22. The van der Waals surface area contributed by atoms with Gasteiger partial charge in [-0.3, -0.25) is 0 Å². The van der Waals surface area contributed by atoms with Gasteiger partial charge < -0.3 is 0 Å². The van der Waals surface area contributed by atoms with Gasteiger partial charge in [-0.25, -0.2) is 4.31 Å². The summed E-state index contributed by atoms with van der Waals surface area (Å²) in [6.07, 6.45) is 4.13. The molecule has 2 heteroatoms. The van der Waals surface area contributed by atoms with Crippen molar-refractivity contribution in [2.45, 2.75) is 31.1 Å². The maximum atomic E-state index is 2.48. The van der Waals surface area contributed by atoms with Crippen molar-refractivity contribution < 1.29 is 0 Å². The van der Waals surface area contributed by atoms with Crippen molar-refractivity contribution in [1.29, 1.82) is 0 Å². The number of benzene rings is 1. The Labute approximate surface area is 90.6 Å². The molecule has 0 amide bonds. The first-order chi connectivity index (χ1) is 6.84. The van der Waals surface area contributed by atoms with Crippen molar-refractivity contribution in [3.05, 3.63) is 29.8 Å². The molecule has 0 N–H and O–H groups in total. The fourth-order valence-corrected chi connectivity index (χ4v) is 2.89. The summed E-state index contributed by atoms with van der Waals surface area (Å²) in [5.74, 6) is 0. The molecule has 0 radical (unpaired) electrons. The van der Waals surface area contributed by atoms with E-state index in [0.717, 1.165) is 0 Å². The largest absolute Gasteiger partial charge is 0.246 e. The number of rotatable bonds is 2. The van der Waals surface area contributed by atoms with E-state index in [2.05, 4.69) is 35.5 Å². The summed E-state index contributed by atoms with van der Waals surface area (Å²) >= 11 is 1.91. The van der Waals surface area contributed by atoms with Crippen LogP contribution in [0, 0.1) is 6.92 Å². The van der Waals surface area contributed by atoms with E-state index in [4.69, 9.17) is 0 Å². The zero-order chi connectivity index (χ0) is 9.80. The molecule has 1 aliphatic rings. The lowest BCUT2D eigenvalue weighted by Gasteiger charge is -2.25. The number of hydrogen-bond donors (Lipinski definition) is 0. The fraction of sp³-hybridized carbons (Fsp3) is 0.500. The number of piperidine rings is 1. The summed E-state index contributed by atoms with van der Waals surface area (Å²) < 4.78 is 2.48. The van der Waals surface area contributed by atoms with Crippen LogP contribution in [-0.4, -0.2) is 17.4 Å². The summed E-state index contributed by atoms with van der Waals surface area (Å²) in [5, 5.41) is 0. The van der Waals surface area contributed by atoms with Crippen molar-refractivity contribution in [3.8, 4) is 0 Å². The van der Waals surface area contributed by atoms with E-state index < -0.39 is 0 Å². The van der Waals surface area contributed by atoms with Gasteiger partial charge in [0.25, 0.3) is 0 Å². The van der Waals surface area contributed by atoms with Crippen molar-refractivity contribution >= 4 is 11.9 Å². The van der Waals surface area contributed by atoms with E-state index in [1.807, 2.05) is 11.9 Å². The number of aryl methyl sites for hydroxylation is 1. The SMILES string of the molecule is Cc1cccc(SN2CCCCC2)c1. The maximum absolute atomic E-state index is 2.48. The second-order valence-electron chi connectivity index (χ2n) is 3.90. The highest BCUT2D eigenvalue weighted by atomic mass is 32.2. The molecule has 0 bridgehead atoms. The van der Waals surface area contributed by atoms with E-state index in [9.17, 15) is 0 Å². The summed E-state index contributed by atoms with van der Waals surface area (Å²) in [4.78, 5) is 1.38. The van der Waals surface area contributed by atoms with Crippen LogP contribution in [0.4, 0.5) is 0 Å². The quantitative estimate of drug-likeness (QED) is 0.683. The second kappa shape index (κ2) is 4.85. The van der Waals surface area contributed by atoms with Crippen molar-refractivity contribution in [1.82, 2.24) is 4.31 Å². The number of hydrogen-bond acceptors (Lipinski definition) is 2. The normalized spacial score (nSPS) is 18.4. The molecule has 1 aromatic carbocycles. The monoisotopic (exact) mass is 207 g/mol. The molecule has 1 saturated heterocycles. The second-order valence-corrected chi connectivity index (χ2v) is 5.07. The molecule has 2 rings (SSSR count). The third kappa shape index (κ3) is 2.76. The fourth-order valence-electron chi connectivity index (χ4n) is 1.78. The molecule has 0 aromatic heterocycles. The Morgan fingerprint density at radius 3 is 2.64 bits per heavy atom. The molecule has 1 aromatic rings. The molecule has 1 aliphatic heterocycles. The van der Waals surface area contributed by atoms with Gasteiger partial charge in [0.2, 0.25) is 0 Å². The molecule has 0 atom stereocenters. The van der Waals surface area contributed by atoms with Gasteiger partial charge in [0.05, 0.1) is 0 Å². The molecule has 1 heterocycles. The third-order valence-electron chi connectivity index (χ3n) is 2.54. The van der Waals surface area contributed by atoms with Crippen molar-refractivity contribution in [2.75, 3.05) is 13.1 Å². The number of nitrogens with zero attached hydrogens (tertiary/aromatic N) is 1. The summed E-state index contributed by atoms with van der Waals surface area (Å²) in [5.41, 5.74) is 1.35.